The summed E-state index contributed by atoms with van der Waals surface area (Å²) in [7, 11) is 0. The van der Waals surface area contributed by atoms with Crippen molar-refractivity contribution < 1.29 is 14.3 Å². The number of hydrogen-bond donors (Lipinski definition) is 0. The van der Waals surface area contributed by atoms with Crippen molar-refractivity contribution >= 4 is 5.97 Å². The maximum Gasteiger partial charge on any atom is 0.309 e. The van der Waals surface area contributed by atoms with E-state index in [1.165, 1.54) is 0 Å². The minimum atomic E-state index is -0.156. The molecule has 1 aromatic rings. The van der Waals surface area contributed by atoms with Gasteiger partial charge in [0, 0.05) is 0 Å². The van der Waals surface area contributed by atoms with Crippen LogP contribution in [-0.2, 0) is 9.53 Å². The fourth-order valence-electron chi connectivity index (χ4n) is 1.22. The first-order valence-corrected chi connectivity index (χ1v) is 5.95. The number of carbonyl (C=O) groups excluding carboxylic acids is 1. The van der Waals surface area contributed by atoms with Crippen LogP contribution in [0.4, 0.5) is 0 Å². The van der Waals surface area contributed by atoms with Gasteiger partial charge in [-0.1, -0.05) is 39.0 Å². The molecule has 0 heterocycles. The molecule has 0 radical (unpaired) electrons. The Morgan fingerprint density at radius 1 is 1.12 bits per heavy atom. The number of rotatable bonds is 6. The predicted octanol–water partition coefficient (Wildman–Crippen LogP) is 2.90. The molecule has 0 saturated carbocycles. The SMILES string of the molecule is CC(C)C(C)C(=O)OCCOc1ccccc1. The summed E-state index contributed by atoms with van der Waals surface area (Å²) in [6, 6.07) is 9.48. The first-order valence-electron chi connectivity index (χ1n) is 5.95. The Bertz CT molecular complexity index is 333. The molecule has 0 saturated heterocycles. The Morgan fingerprint density at radius 3 is 2.35 bits per heavy atom. The molecule has 94 valence electrons. The van der Waals surface area contributed by atoms with Gasteiger partial charge in [-0.25, -0.2) is 0 Å². The quantitative estimate of drug-likeness (QED) is 0.562. The van der Waals surface area contributed by atoms with E-state index in [0.29, 0.717) is 19.1 Å². The van der Waals surface area contributed by atoms with Crippen molar-refractivity contribution in [2.45, 2.75) is 20.8 Å². The van der Waals surface area contributed by atoms with Crippen molar-refractivity contribution in [2.24, 2.45) is 11.8 Å². The molecule has 0 N–H and O–H groups in total. The van der Waals surface area contributed by atoms with E-state index in [-0.39, 0.29) is 11.9 Å². The first-order chi connectivity index (χ1) is 8.11. The lowest BCUT2D eigenvalue weighted by Crippen LogP contribution is -2.22. The van der Waals surface area contributed by atoms with Gasteiger partial charge >= 0.3 is 5.97 Å². The zero-order valence-electron chi connectivity index (χ0n) is 10.7. The molecule has 3 nitrogen and oxygen atoms in total. The normalized spacial score (nSPS) is 12.2. The molecule has 0 spiro atoms. The lowest BCUT2D eigenvalue weighted by atomic mass is 9.99. The molecule has 1 atom stereocenters. The third-order valence-corrected chi connectivity index (χ3v) is 2.71. The van der Waals surface area contributed by atoms with Crippen LogP contribution >= 0.6 is 0 Å². The number of esters is 1. The number of hydrogen-bond acceptors (Lipinski definition) is 3. The largest absolute Gasteiger partial charge is 0.490 e. The molecule has 1 unspecified atom stereocenters. The molecule has 0 aliphatic rings. The second-order valence-corrected chi connectivity index (χ2v) is 4.36. The number of para-hydroxylation sites is 1. The van der Waals surface area contributed by atoms with E-state index in [1.807, 2.05) is 51.1 Å². The van der Waals surface area contributed by atoms with Crippen molar-refractivity contribution in [2.75, 3.05) is 13.2 Å². The van der Waals surface area contributed by atoms with Gasteiger partial charge in [-0.3, -0.25) is 4.79 Å². The predicted molar refractivity (Wildman–Crippen MR) is 66.9 cm³/mol. The summed E-state index contributed by atoms with van der Waals surface area (Å²) >= 11 is 0. The molecule has 1 aromatic carbocycles. The third kappa shape index (κ3) is 4.89. The average molecular weight is 236 g/mol. The summed E-state index contributed by atoms with van der Waals surface area (Å²) < 4.78 is 10.5. The van der Waals surface area contributed by atoms with E-state index in [4.69, 9.17) is 9.47 Å². The summed E-state index contributed by atoms with van der Waals surface area (Å²) in [4.78, 5) is 11.5. The molecule has 0 amide bonds. The second-order valence-electron chi connectivity index (χ2n) is 4.36. The van der Waals surface area contributed by atoms with Crippen molar-refractivity contribution in [1.29, 1.82) is 0 Å². The summed E-state index contributed by atoms with van der Waals surface area (Å²) in [6.45, 7) is 6.58. The smallest absolute Gasteiger partial charge is 0.309 e. The van der Waals surface area contributed by atoms with Crippen molar-refractivity contribution in [1.82, 2.24) is 0 Å². The zero-order chi connectivity index (χ0) is 12.7. The van der Waals surface area contributed by atoms with Gasteiger partial charge in [0.25, 0.3) is 0 Å². The summed E-state index contributed by atoms with van der Waals surface area (Å²) in [5.74, 6) is 0.876. The second kappa shape index (κ2) is 6.94. The summed E-state index contributed by atoms with van der Waals surface area (Å²) in [5.41, 5.74) is 0. The van der Waals surface area contributed by atoms with Crippen molar-refractivity contribution in [3.8, 4) is 5.75 Å². The molecule has 3 heteroatoms. The highest BCUT2D eigenvalue weighted by Gasteiger charge is 2.17. The van der Waals surface area contributed by atoms with E-state index in [0.717, 1.165) is 5.75 Å². The van der Waals surface area contributed by atoms with Crippen LogP contribution in [0.15, 0.2) is 30.3 Å². The van der Waals surface area contributed by atoms with Gasteiger partial charge in [0.2, 0.25) is 0 Å². The summed E-state index contributed by atoms with van der Waals surface area (Å²) in [6.07, 6.45) is 0. The monoisotopic (exact) mass is 236 g/mol. The van der Waals surface area contributed by atoms with Gasteiger partial charge in [0.15, 0.2) is 0 Å². The maximum absolute atomic E-state index is 11.5. The Hall–Kier alpha value is -1.51. The van der Waals surface area contributed by atoms with Crippen molar-refractivity contribution in [3.05, 3.63) is 30.3 Å². The minimum absolute atomic E-state index is 0.0632. The Kier molecular flexibility index (Phi) is 5.53. The molecule has 0 fully saturated rings. The van der Waals surface area contributed by atoms with Gasteiger partial charge in [-0.15, -0.1) is 0 Å². The molecule has 0 aromatic heterocycles. The fraction of sp³-hybridized carbons (Fsp3) is 0.500. The number of ether oxygens (including phenoxy) is 2. The van der Waals surface area contributed by atoms with Gasteiger partial charge in [-0.2, -0.15) is 0 Å². The molecular weight excluding hydrogens is 216 g/mol. The van der Waals surface area contributed by atoms with Gasteiger partial charge in [0.1, 0.15) is 19.0 Å². The average Bonchev–Trinajstić information content (AvgIpc) is 2.34. The summed E-state index contributed by atoms with van der Waals surface area (Å²) in [5, 5.41) is 0. The van der Waals surface area contributed by atoms with Crippen LogP contribution in [0.1, 0.15) is 20.8 Å². The van der Waals surface area contributed by atoms with Crippen molar-refractivity contribution in [3.63, 3.8) is 0 Å². The van der Waals surface area contributed by atoms with Crippen LogP contribution in [0.5, 0.6) is 5.75 Å². The molecule has 1 rings (SSSR count). The Labute approximate surface area is 103 Å². The van der Waals surface area contributed by atoms with Crippen LogP contribution in [0.3, 0.4) is 0 Å². The third-order valence-electron chi connectivity index (χ3n) is 2.71. The lowest BCUT2D eigenvalue weighted by molar-refractivity contribution is -0.150. The molecule has 0 aliphatic carbocycles. The molecule has 0 aliphatic heterocycles. The van der Waals surface area contributed by atoms with E-state index in [9.17, 15) is 4.79 Å². The fourth-order valence-corrected chi connectivity index (χ4v) is 1.22. The molecular formula is C14H20O3. The first kappa shape index (κ1) is 13.6. The van der Waals surface area contributed by atoms with Crippen LogP contribution in [0.25, 0.3) is 0 Å². The highest BCUT2D eigenvalue weighted by molar-refractivity contribution is 5.72. The number of carbonyl (C=O) groups is 1. The lowest BCUT2D eigenvalue weighted by Gasteiger charge is -2.14. The maximum atomic E-state index is 11.5. The standard InChI is InChI=1S/C14H20O3/c1-11(2)12(3)14(15)17-10-9-16-13-7-5-4-6-8-13/h4-8,11-12H,9-10H2,1-3H3. The van der Waals surface area contributed by atoms with Crippen LogP contribution in [0, 0.1) is 11.8 Å². The Morgan fingerprint density at radius 2 is 1.76 bits per heavy atom. The Balaban J connectivity index is 2.18. The molecule has 17 heavy (non-hydrogen) atoms. The van der Waals surface area contributed by atoms with E-state index in [2.05, 4.69) is 0 Å². The van der Waals surface area contributed by atoms with Crippen LogP contribution < -0.4 is 4.74 Å². The van der Waals surface area contributed by atoms with Gasteiger partial charge in [-0.05, 0) is 18.1 Å². The minimum Gasteiger partial charge on any atom is -0.490 e. The van der Waals surface area contributed by atoms with E-state index < -0.39 is 0 Å². The highest BCUT2D eigenvalue weighted by atomic mass is 16.6. The number of benzene rings is 1. The van der Waals surface area contributed by atoms with Gasteiger partial charge < -0.3 is 9.47 Å². The van der Waals surface area contributed by atoms with E-state index in [1.54, 1.807) is 0 Å². The van der Waals surface area contributed by atoms with Gasteiger partial charge in [0.05, 0.1) is 5.92 Å². The van der Waals surface area contributed by atoms with E-state index >= 15 is 0 Å². The van der Waals surface area contributed by atoms with Crippen LogP contribution in [0.2, 0.25) is 0 Å². The highest BCUT2D eigenvalue weighted by Crippen LogP contribution is 2.11. The van der Waals surface area contributed by atoms with Crippen LogP contribution in [-0.4, -0.2) is 19.2 Å². The topological polar surface area (TPSA) is 35.5 Å². The molecule has 0 bridgehead atoms. The zero-order valence-corrected chi connectivity index (χ0v) is 10.7.